The summed E-state index contributed by atoms with van der Waals surface area (Å²) in [6.45, 7) is 0.577. The molecule has 0 radical (unpaired) electrons. The van der Waals surface area contributed by atoms with Crippen LogP contribution in [0.1, 0.15) is 15.9 Å². The van der Waals surface area contributed by atoms with E-state index in [1.807, 2.05) is 60.7 Å². The molecule has 2 rings (SSSR count). The van der Waals surface area contributed by atoms with E-state index >= 15 is 0 Å². The summed E-state index contributed by atoms with van der Waals surface area (Å²) in [6.07, 6.45) is 3.96. The van der Waals surface area contributed by atoms with Crippen molar-refractivity contribution in [2.45, 2.75) is 0 Å². The molecule has 0 bridgehead atoms. The molecule has 1 amide bonds. The maximum atomic E-state index is 11.7. The minimum absolute atomic E-state index is 0.131. The average molecular weight is 252 g/mol. The number of carbonyl (C=O) groups excluding carboxylic acids is 1. The van der Waals surface area contributed by atoms with E-state index in [1.54, 1.807) is 12.1 Å². The predicted octanol–water partition coefficient (Wildman–Crippen LogP) is 2.63. The van der Waals surface area contributed by atoms with Gasteiger partial charge in [0, 0.05) is 12.1 Å². The van der Waals surface area contributed by atoms with Crippen molar-refractivity contribution >= 4 is 12.0 Å². The van der Waals surface area contributed by atoms with E-state index in [-0.39, 0.29) is 5.91 Å². The summed E-state index contributed by atoms with van der Waals surface area (Å²) in [5.74, 6) is -0.131. The van der Waals surface area contributed by atoms with Crippen LogP contribution in [0.25, 0.3) is 6.08 Å². The van der Waals surface area contributed by atoms with Gasteiger partial charge in [0.15, 0.2) is 0 Å². The molecule has 0 spiro atoms. The Labute approximate surface area is 112 Å². The molecule has 0 fully saturated rings. The first kappa shape index (κ1) is 13.1. The Bertz CT molecular complexity index is 535. The Hall–Kier alpha value is -2.39. The van der Waals surface area contributed by atoms with Crippen LogP contribution in [0.2, 0.25) is 0 Å². The molecule has 3 nitrogen and oxygen atoms in total. The zero-order valence-electron chi connectivity index (χ0n) is 10.5. The number of nitrogens with one attached hydrogen (secondary N) is 2. The van der Waals surface area contributed by atoms with Crippen molar-refractivity contribution in [2.75, 3.05) is 6.54 Å². The largest absolute Gasteiger partial charge is 0.287 e. The summed E-state index contributed by atoms with van der Waals surface area (Å²) in [4.78, 5) is 11.7. The van der Waals surface area contributed by atoms with Gasteiger partial charge in [-0.3, -0.25) is 10.2 Å². The molecule has 19 heavy (non-hydrogen) atoms. The van der Waals surface area contributed by atoms with Crippen LogP contribution in [-0.4, -0.2) is 12.5 Å². The predicted molar refractivity (Wildman–Crippen MR) is 77.4 cm³/mol. The van der Waals surface area contributed by atoms with Crippen LogP contribution in [0.15, 0.2) is 66.7 Å². The van der Waals surface area contributed by atoms with E-state index in [0.717, 1.165) is 5.56 Å². The van der Waals surface area contributed by atoms with Gasteiger partial charge in [-0.25, -0.2) is 5.43 Å². The van der Waals surface area contributed by atoms with Crippen LogP contribution < -0.4 is 10.9 Å². The van der Waals surface area contributed by atoms with Gasteiger partial charge < -0.3 is 0 Å². The van der Waals surface area contributed by atoms with Crippen LogP contribution >= 0.6 is 0 Å². The van der Waals surface area contributed by atoms with Crippen molar-refractivity contribution in [3.8, 4) is 0 Å². The summed E-state index contributed by atoms with van der Waals surface area (Å²) in [6, 6.07) is 19.1. The number of amides is 1. The molecule has 96 valence electrons. The van der Waals surface area contributed by atoms with Crippen molar-refractivity contribution < 1.29 is 4.79 Å². The Morgan fingerprint density at radius 2 is 1.58 bits per heavy atom. The summed E-state index contributed by atoms with van der Waals surface area (Å²) in [5.41, 5.74) is 7.29. The molecular weight excluding hydrogens is 236 g/mol. The number of benzene rings is 2. The third kappa shape index (κ3) is 4.41. The van der Waals surface area contributed by atoms with Gasteiger partial charge in [0.25, 0.3) is 5.91 Å². The standard InChI is InChI=1S/C16H16N2O/c19-16(15-11-5-2-6-12-15)18-17-13-7-10-14-8-3-1-4-9-14/h1-12,17H,13H2,(H,18,19). The second-order valence-electron chi connectivity index (χ2n) is 4.01. The molecule has 0 saturated heterocycles. The highest BCUT2D eigenvalue weighted by Crippen LogP contribution is 2.00. The average Bonchev–Trinajstić information content (AvgIpc) is 2.49. The van der Waals surface area contributed by atoms with Crippen molar-refractivity contribution in [1.82, 2.24) is 10.9 Å². The normalized spacial score (nSPS) is 10.5. The van der Waals surface area contributed by atoms with Crippen LogP contribution in [0, 0.1) is 0 Å². The quantitative estimate of drug-likeness (QED) is 0.634. The Balaban J connectivity index is 1.73. The molecule has 3 heteroatoms. The third-order valence-corrected chi connectivity index (χ3v) is 2.57. The topological polar surface area (TPSA) is 41.1 Å². The van der Waals surface area contributed by atoms with Crippen molar-refractivity contribution in [2.24, 2.45) is 0 Å². The van der Waals surface area contributed by atoms with Gasteiger partial charge in [-0.1, -0.05) is 60.7 Å². The summed E-state index contributed by atoms with van der Waals surface area (Å²) in [7, 11) is 0. The SMILES string of the molecule is O=C(NNCC=Cc1ccccc1)c1ccccc1. The van der Waals surface area contributed by atoms with E-state index in [1.165, 1.54) is 0 Å². The number of rotatable bonds is 5. The highest BCUT2D eigenvalue weighted by atomic mass is 16.2. The van der Waals surface area contributed by atoms with E-state index in [4.69, 9.17) is 0 Å². The van der Waals surface area contributed by atoms with Crippen LogP contribution in [0.4, 0.5) is 0 Å². The molecule has 2 aromatic rings. The van der Waals surface area contributed by atoms with Gasteiger partial charge in [-0.05, 0) is 17.7 Å². The lowest BCUT2D eigenvalue weighted by Crippen LogP contribution is -2.37. The zero-order valence-corrected chi connectivity index (χ0v) is 10.5. The van der Waals surface area contributed by atoms with Crippen molar-refractivity contribution in [3.05, 3.63) is 77.9 Å². The van der Waals surface area contributed by atoms with E-state index in [9.17, 15) is 4.79 Å². The van der Waals surface area contributed by atoms with Gasteiger partial charge in [-0.2, -0.15) is 0 Å². The molecule has 0 atom stereocenters. The number of hydrogen-bond acceptors (Lipinski definition) is 2. The van der Waals surface area contributed by atoms with E-state index in [2.05, 4.69) is 10.9 Å². The highest BCUT2D eigenvalue weighted by Gasteiger charge is 2.01. The molecule has 0 aromatic heterocycles. The molecule has 2 aromatic carbocycles. The molecule has 0 aliphatic carbocycles. The highest BCUT2D eigenvalue weighted by molar-refractivity contribution is 5.93. The number of hydrogen-bond donors (Lipinski definition) is 2. The van der Waals surface area contributed by atoms with Gasteiger partial charge in [-0.15, -0.1) is 0 Å². The van der Waals surface area contributed by atoms with Gasteiger partial charge in [0.2, 0.25) is 0 Å². The van der Waals surface area contributed by atoms with Crippen LogP contribution in [-0.2, 0) is 0 Å². The molecular formula is C16H16N2O. The molecule has 0 heterocycles. The minimum Gasteiger partial charge on any atom is -0.287 e. The Morgan fingerprint density at radius 3 is 2.26 bits per heavy atom. The lowest BCUT2D eigenvalue weighted by Gasteiger charge is -2.04. The fourth-order valence-corrected chi connectivity index (χ4v) is 1.61. The van der Waals surface area contributed by atoms with Crippen molar-refractivity contribution in [1.29, 1.82) is 0 Å². The fourth-order valence-electron chi connectivity index (χ4n) is 1.61. The first-order valence-corrected chi connectivity index (χ1v) is 6.16. The summed E-state index contributed by atoms with van der Waals surface area (Å²) < 4.78 is 0. The molecule has 2 N–H and O–H groups in total. The lowest BCUT2D eigenvalue weighted by molar-refractivity contribution is 0.0935. The van der Waals surface area contributed by atoms with Gasteiger partial charge >= 0.3 is 0 Å². The number of hydrazine groups is 1. The maximum absolute atomic E-state index is 11.7. The van der Waals surface area contributed by atoms with Crippen LogP contribution in [0.5, 0.6) is 0 Å². The number of carbonyl (C=O) groups is 1. The first-order valence-electron chi connectivity index (χ1n) is 6.16. The Morgan fingerprint density at radius 1 is 0.947 bits per heavy atom. The van der Waals surface area contributed by atoms with Gasteiger partial charge in [0.1, 0.15) is 0 Å². The summed E-state index contributed by atoms with van der Waals surface area (Å²) in [5, 5.41) is 0. The third-order valence-electron chi connectivity index (χ3n) is 2.57. The maximum Gasteiger partial charge on any atom is 0.265 e. The second kappa shape index (κ2) is 7.13. The monoisotopic (exact) mass is 252 g/mol. The fraction of sp³-hybridized carbons (Fsp3) is 0.0625. The molecule has 0 aliphatic heterocycles. The molecule has 0 aliphatic rings. The first-order chi connectivity index (χ1) is 9.36. The van der Waals surface area contributed by atoms with Gasteiger partial charge in [0.05, 0.1) is 0 Å². The second-order valence-corrected chi connectivity index (χ2v) is 4.01. The molecule has 0 saturated carbocycles. The van der Waals surface area contributed by atoms with Crippen LogP contribution in [0.3, 0.4) is 0 Å². The molecule has 0 unspecified atom stereocenters. The van der Waals surface area contributed by atoms with Crippen molar-refractivity contribution in [3.63, 3.8) is 0 Å². The summed E-state index contributed by atoms with van der Waals surface area (Å²) >= 11 is 0. The lowest BCUT2D eigenvalue weighted by atomic mass is 10.2. The van der Waals surface area contributed by atoms with E-state index < -0.39 is 0 Å². The minimum atomic E-state index is -0.131. The van der Waals surface area contributed by atoms with E-state index in [0.29, 0.717) is 12.1 Å². The Kier molecular flexibility index (Phi) is 4.90. The zero-order chi connectivity index (χ0) is 13.3. The smallest absolute Gasteiger partial charge is 0.265 e.